The molecule has 2 N–H and O–H groups in total. The maximum absolute atomic E-state index is 9.74. The first-order chi connectivity index (χ1) is 3.92. The first-order valence-corrected chi connectivity index (χ1v) is 3.33. The zero-order chi connectivity index (χ0) is 7.49. The summed E-state index contributed by atoms with van der Waals surface area (Å²) in [4.78, 5) is 28.9. The van der Waals surface area contributed by atoms with Gasteiger partial charge >= 0.3 is 48.9 Å². The normalized spacial score (nSPS) is 10.2. The van der Waals surface area contributed by atoms with Crippen molar-refractivity contribution in [3.63, 3.8) is 0 Å². The molecule has 0 atom stereocenters. The molecule has 0 radical (unpaired) electrons. The molecule has 0 saturated carbocycles. The van der Waals surface area contributed by atoms with Crippen LogP contribution in [0.2, 0.25) is 0 Å². The number of amides is 1. The van der Waals surface area contributed by atoms with Crippen LogP contribution in [0.25, 0.3) is 0 Å². The van der Waals surface area contributed by atoms with Crippen LogP contribution in [0.3, 0.4) is 0 Å². The molecule has 0 spiro atoms. The van der Waals surface area contributed by atoms with Crippen molar-refractivity contribution in [2.24, 2.45) is 5.73 Å². The van der Waals surface area contributed by atoms with Crippen LogP contribution < -0.4 is 15.5 Å². The number of phosphoric acid groups is 1. The topological polar surface area (TPSA) is 116 Å². The van der Waals surface area contributed by atoms with E-state index in [1.807, 2.05) is 0 Å². The number of primary amides is 1. The summed E-state index contributed by atoms with van der Waals surface area (Å²) in [7, 11) is -5.02. The first-order valence-electron chi connectivity index (χ1n) is 1.87. The van der Waals surface area contributed by atoms with Gasteiger partial charge in [0, 0.05) is 0 Å². The molecule has 1 amide bonds. The molecule has 0 unspecified atom stereocenters. The Hall–Kier alpha value is 1.15. The monoisotopic (exact) mass is 291 g/mol. The van der Waals surface area contributed by atoms with Crippen molar-refractivity contribution >= 4 is 62.6 Å². The number of phosphoric ester groups is 1. The fraction of sp³-hybridized carbons (Fsp3) is 0.500. The van der Waals surface area contributed by atoms with Crippen LogP contribution in [0.15, 0.2) is 0 Å². The van der Waals surface area contributed by atoms with Gasteiger partial charge in [0.15, 0.2) is 0 Å². The summed E-state index contributed by atoms with van der Waals surface area (Å²) in [6.45, 7) is -0.885. The van der Waals surface area contributed by atoms with E-state index in [0.29, 0.717) is 0 Å². The molecule has 0 fully saturated rings. The van der Waals surface area contributed by atoms with Crippen molar-refractivity contribution in [3.8, 4) is 0 Å². The quantitative estimate of drug-likeness (QED) is 0.437. The Kier molecular flexibility index (Phi) is 7.90. The van der Waals surface area contributed by atoms with Crippen molar-refractivity contribution in [3.05, 3.63) is 0 Å². The zero-order valence-corrected chi connectivity index (χ0v) is 10.3. The summed E-state index contributed by atoms with van der Waals surface area (Å²) < 4.78 is 13.0. The second-order valence-electron chi connectivity index (χ2n) is 1.19. The summed E-state index contributed by atoms with van der Waals surface area (Å²) in [5.41, 5.74) is 4.44. The summed E-state index contributed by atoms with van der Waals surface area (Å²) >= 11 is 0. The van der Waals surface area contributed by atoms with Gasteiger partial charge in [-0.25, -0.2) is 0 Å². The van der Waals surface area contributed by atoms with E-state index in [1.165, 1.54) is 0 Å². The molecule has 0 aliphatic carbocycles. The molecule has 0 aliphatic rings. The van der Waals surface area contributed by atoms with Crippen molar-refractivity contribution in [2.45, 2.75) is 0 Å². The molecule has 0 heterocycles. The van der Waals surface area contributed by atoms with Gasteiger partial charge < -0.3 is 24.6 Å². The van der Waals surface area contributed by atoms with Crippen LogP contribution in [0.4, 0.5) is 0 Å². The molecule has 0 rings (SSSR count). The smallest absolute Gasteiger partial charge is 0.790 e. The summed E-state index contributed by atoms with van der Waals surface area (Å²) in [5.74, 6) is -0.998. The molecule has 0 bridgehead atoms. The summed E-state index contributed by atoms with van der Waals surface area (Å²) in [6, 6.07) is 0. The summed E-state index contributed by atoms with van der Waals surface area (Å²) in [6.07, 6.45) is 0. The number of rotatable bonds is 3. The second-order valence-corrected chi connectivity index (χ2v) is 2.34. The molecule has 0 aromatic carbocycles. The van der Waals surface area contributed by atoms with Crippen molar-refractivity contribution in [2.75, 3.05) is 6.61 Å². The van der Waals surface area contributed by atoms with Crippen LogP contribution in [-0.2, 0) is 13.9 Å². The molecule has 0 aliphatic heterocycles. The second kappa shape index (κ2) is 5.76. The van der Waals surface area contributed by atoms with Crippen molar-refractivity contribution < 1.29 is 23.7 Å². The molecular formula is C2H4BaNO5P. The van der Waals surface area contributed by atoms with Gasteiger partial charge in [-0.3, -0.25) is 4.79 Å². The number of nitrogens with two attached hydrogens (primary N) is 1. The van der Waals surface area contributed by atoms with E-state index in [-0.39, 0.29) is 48.9 Å². The zero-order valence-electron chi connectivity index (χ0n) is 4.98. The fourth-order valence-electron chi connectivity index (χ4n) is 0.143. The van der Waals surface area contributed by atoms with Gasteiger partial charge in [0.2, 0.25) is 5.91 Å². The first kappa shape index (κ1) is 13.7. The third-order valence-electron chi connectivity index (χ3n) is 0.365. The van der Waals surface area contributed by atoms with Crippen LogP contribution in [0.1, 0.15) is 0 Å². The largest absolute Gasteiger partial charge is 2.00 e. The Balaban J connectivity index is 0. The van der Waals surface area contributed by atoms with Crippen LogP contribution >= 0.6 is 7.82 Å². The number of hydrogen-bond acceptors (Lipinski definition) is 5. The fourth-order valence-corrected chi connectivity index (χ4v) is 0.428. The number of carbonyl (C=O) groups is 1. The van der Waals surface area contributed by atoms with Crippen LogP contribution in [0, 0.1) is 0 Å². The molecule has 6 nitrogen and oxygen atoms in total. The molecule has 0 saturated heterocycles. The van der Waals surface area contributed by atoms with E-state index < -0.39 is 20.3 Å². The minimum Gasteiger partial charge on any atom is -0.790 e. The Morgan fingerprint density at radius 1 is 1.60 bits per heavy atom. The Morgan fingerprint density at radius 2 is 2.00 bits per heavy atom. The van der Waals surface area contributed by atoms with E-state index in [4.69, 9.17) is 0 Å². The molecule has 10 heavy (non-hydrogen) atoms. The Bertz CT molecular complexity index is 154. The Labute approximate surface area is 97.4 Å². The molecule has 54 valence electrons. The SMILES string of the molecule is NC(=O)COP(=O)([O-])[O-].[Ba+2]. The molecular weight excluding hydrogens is 286 g/mol. The third-order valence-corrected chi connectivity index (χ3v) is 0.810. The molecule has 0 aromatic rings. The van der Waals surface area contributed by atoms with E-state index in [1.54, 1.807) is 0 Å². The molecule has 0 aromatic heterocycles. The minimum atomic E-state index is -5.02. The van der Waals surface area contributed by atoms with Gasteiger partial charge in [0.1, 0.15) is 6.61 Å². The van der Waals surface area contributed by atoms with Crippen LogP contribution in [-0.4, -0.2) is 61.4 Å². The van der Waals surface area contributed by atoms with Crippen molar-refractivity contribution in [1.82, 2.24) is 0 Å². The number of carbonyl (C=O) groups excluding carboxylic acids is 1. The van der Waals surface area contributed by atoms with E-state index in [0.717, 1.165) is 0 Å². The maximum Gasteiger partial charge on any atom is 2.00 e. The Morgan fingerprint density at radius 3 is 2.10 bits per heavy atom. The molecule has 8 heteroatoms. The van der Waals surface area contributed by atoms with E-state index in [9.17, 15) is 19.1 Å². The van der Waals surface area contributed by atoms with Gasteiger partial charge in [0.25, 0.3) is 0 Å². The minimum absolute atomic E-state index is 0. The van der Waals surface area contributed by atoms with Crippen molar-refractivity contribution in [1.29, 1.82) is 0 Å². The average molecular weight is 290 g/mol. The van der Waals surface area contributed by atoms with E-state index >= 15 is 0 Å². The van der Waals surface area contributed by atoms with Crippen LogP contribution in [0.5, 0.6) is 0 Å². The standard InChI is InChI=1S/C2H6NO5P.Ba/c3-2(4)1-8-9(5,6)7;/h1H2,(H2,3,4)(H2,5,6,7);/q;+2/p-2. The predicted molar refractivity (Wildman–Crippen MR) is 28.5 cm³/mol. The average Bonchev–Trinajstić information content (AvgIpc) is 1.59. The number of hydrogen-bond donors (Lipinski definition) is 1. The van der Waals surface area contributed by atoms with E-state index in [2.05, 4.69) is 10.3 Å². The van der Waals surface area contributed by atoms with Gasteiger partial charge in [-0.2, -0.15) is 0 Å². The maximum atomic E-state index is 9.74. The van der Waals surface area contributed by atoms with Gasteiger partial charge in [-0.1, -0.05) is 0 Å². The summed E-state index contributed by atoms with van der Waals surface area (Å²) in [5, 5.41) is 0. The van der Waals surface area contributed by atoms with Gasteiger partial charge in [-0.15, -0.1) is 0 Å². The predicted octanol–water partition coefficient (Wildman–Crippen LogP) is -3.06. The third kappa shape index (κ3) is 11.9. The van der Waals surface area contributed by atoms with Gasteiger partial charge in [0.05, 0.1) is 7.82 Å². The van der Waals surface area contributed by atoms with Gasteiger partial charge in [-0.05, 0) is 0 Å².